The molecule has 2 amide bonds. The fourth-order valence-corrected chi connectivity index (χ4v) is 3.07. The minimum atomic E-state index is -0.226. The Morgan fingerprint density at radius 3 is 2.64 bits per heavy atom. The lowest BCUT2D eigenvalue weighted by Gasteiger charge is -2.09. The molecule has 0 atom stereocenters. The molecule has 25 heavy (non-hydrogen) atoms. The van der Waals surface area contributed by atoms with Crippen LogP contribution in [0.2, 0.25) is 0 Å². The molecular weight excluding hydrogens is 384 g/mol. The predicted octanol–water partition coefficient (Wildman–Crippen LogP) is 3.14. The van der Waals surface area contributed by atoms with Gasteiger partial charge in [-0.2, -0.15) is 5.10 Å². The number of benzene rings is 2. The van der Waals surface area contributed by atoms with Crippen LogP contribution in [0.3, 0.4) is 0 Å². The van der Waals surface area contributed by atoms with Gasteiger partial charge >= 0.3 is 0 Å². The summed E-state index contributed by atoms with van der Waals surface area (Å²) in [6.07, 6.45) is 3.17. The summed E-state index contributed by atoms with van der Waals surface area (Å²) in [5, 5.41) is 8.78. The Bertz CT molecular complexity index is 944. The van der Waals surface area contributed by atoms with Gasteiger partial charge in [-0.25, -0.2) is 0 Å². The van der Waals surface area contributed by atoms with Gasteiger partial charge in [-0.3, -0.25) is 14.3 Å². The molecule has 2 aromatic carbocycles. The maximum atomic E-state index is 12.7. The molecule has 0 bridgehead atoms. The van der Waals surface area contributed by atoms with E-state index in [1.165, 1.54) is 15.8 Å². The van der Waals surface area contributed by atoms with Crippen molar-refractivity contribution in [1.29, 1.82) is 0 Å². The highest BCUT2D eigenvalue weighted by Crippen LogP contribution is 2.27. The summed E-state index contributed by atoms with van der Waals surface area (Å²) in [4.78, 5) is 25.9. The van der Waals surface area contributed by atoms with Crippen LogP contribution in [-0.2, 0) is 11.3 Å². The van der Waals surface area contributed by atoms with Gasteiger partial charge in [-0.05, 0) is 17.5 Å². The van der Waals surface area contributed by atoms with Crippen LogP contribution >= 0.6 is 15.9 Å². The van der Waals surface area contributed by atoms with Crippen molar-refractivity contribution in [2.75, 3.05) is 19.4 Å². The smallest absolute Gasteiger partial charge is 0.256 e. The van der Waals surface area contributed by atoms with E-state index in [0.29, 0.717) is 11.3 Å². The third-order valence-corrected chi connectivity index (χ3v) is 4.45. The quantitative estimate of drug-likeness (QED) is 0.731. The number of fused-ring (bicyclic) bond motifs is 1. The molecule has 0 unspecified atom stereocenters. The summed E-state index contributed by atoms with van der Waals surface area (Å²) in [6.45, 7) is 0.128. The number of carbonyl (C=O) groups excluding carboxylic acids is 2. The van der Waals surface area contributed by atoms with Gasteiger partial charge in [0.05, 0.1) is 11.9 Å². The molecular formula is C18H17BrN4O2. The summed E-state index contributed by atoms with van der Waals surface area (Å²) in [7, 11) is 3.37. The number of nitrogens with one attached hydrogen (secondary N) is 1. The lowest BCUT2D eigenvalue weighted by atomic mass is 10.0. The number of rotatable bonds is 4. The van der Waals surface area contributed by atoms with E-state index in [9.17, 15) is 9.59 Å². The first-order valence-corrected chi connectivity index (χ1v) is 8.46. The molecule has 0 radical (unpaired) electrons. The van der Waals surface area contributed by atoms with Crippen molar-refractivity contribution in [3.8, 4) is 0 Å². The van der Waals surface area contributed by atoms with Gasteiger partial charge in [-0.1, -0.05) is 40.2 Å². The monoisotopic (exact) mass is 400 g/mol. The number of likely N-dealkylation sites (N-methyl/N-ethyl adjacent to an activating group) is 1. The van der Waals surface area contributed by atoms with Crippen LogP contribution in [0.1, 0.15) is 10.4 Å². The second-order valence-electron chi connectivity index (χ2n) is 5.81. The average Bonchev–Trinajstić information content (AvgIpc) is 3.01. The van der Waals surface area contributed by atoms with E-state index in [0.717, 1.165) is 15.2 Å². The van der Waals surface area contributed by atoms with Crippen LogP contribution in [-0.4, -0.2) is 40.6 Å². The highest BCUT2D eigenvalue weighted by Gasteiger charge is 2.14. The van der Waals surface area contributed by atoms with E-state index in [1.807, 2.05) is 30.3 Å². The van der Waals surface area contributed by atoms with Gasteiger partial charge in [0.1, 0.15) is 6.54 Å². The first-order valence-electron chi connectivity index (χ1n) is 7.67. The van der Waals surface area contributed by atoms with Gasteiger partial charge in [0.25, 0.3) is 5.91 Å². The highest BCUT2D eigenvalue weighted by atomic mass is 79.9. The number of carbonyl (C=O) groups is 2. The van der Waals surface area contributed by atoms with Crippen molar-refractivity contribution in [3.63, 3.8) is 0 Å². The van der Waals surface area contributed by atoms with Crippen LogP contribution in [0.25, 0.3) is 10.8 Å². The largest absolute Gasteiger partial charge is 0.347 e. The molecule has 7 heteroatoms. The number of amides is 2. The lowest BCUT2D eigenvalue weighted by Crippen LogP contribution is -2.26. The van der Waals surface area contributed by atoms with Gasteiger partial charge < -0.3 is 10.2 Å². The lowest BCUT2D eigenvalue weighted by molar-refractivity contribution is -0.129. The Balaban J connectivity index is 1.82. The van der Waals surface area contributed by atoms with Crippen molar-refractivity contribution >= 4 is 44.2 Å². The number of anilines is 1. The molecule has 3 aromatic rings. The molecule has 0 saturated heterocycles. The topological polar surface area (TPSA) is 67.2 Å². The van der Waals surface area contributed by atoms with Gasteiger partial charge in [0.15, 0.2) is 0 Å². The van der Waals surface area contributed by atoms with E-state index in [-0.39, 0.29) is 18.4 Å². The molecule has 0 fully saturated rings. The van der Waals surface area contributed by atoms with E-state index in [1.54, 1.807) is 26.4 Å². The molecule has 0 spiro atoms. The summed E-state index contributed by atoms with van der Waals surface area (Å²) in [6, 6.07) is 11.4. The minimum absolute atomic E-state index is 0.0704. The Kier molecular flexibility index (Phi) is 4.85. The Labute approximate surface area is 153 Å². The van der Waals surface area contributed by atoms with Crippen molar-refractivity contribution in [3.05, 3.63) is 58.8 Å². The first-order chi connectivity index (χ1) is 12.0. The van der Waals surface area contributed by atoms with Crippen molar-refractivity contribution in [2.24, 2.45) is 0 Å². The minimum Gasteiger partial charge on any atom is -0.347 e. The van der Waals surface area contributed by atoms with Gasteiger partial charge in [0, 0.05) is 35.7 Å². The fraction of sp³-hybridized carbons (Fsp3) is 0.167. The second-order valence-corrected chi connectivity index (χ2v) is 6.67. The fourth-order valence-electron chi connectivity index (χ4n) is 2.48. The Hall–Kier alpha value is -2.67. The number of halogens is 1. The molecule has 0 aliphatic rings. The maximum Gasteiger partial charge on any atom is 0.256 e. The highest BCUT2D eigenvalue weighted by molar-refractivity contribution is 9.10. The van der Waals surface area contributed by atoms with E-state index < -0.39 is 0 Å². The predicted molar refractivity (Wildman–Crippen MR) is 101 cm³/mol. The molecule has 1 N–H and O–H groups in total. The standard InChI is InChI=1S/C18H17BrN4O2/c1-22(2)16(24)11-23-10-13(9-20-23)21-18(25)14-7-3-5-12-6-4-8-15(19)17(12)14/h3-10H,11H2,1-2H3,(H,21,25). The summed E-state index contributed by atoms with van der Waals surface area (Å²) >= 11 is 3.51. The number of hydrogen-bond donors (Lipinski definition) is 1. The van der Waals surface area contributed by atoms with E-state index >= 15 is 0 Å². The summed E-state index contributed by atoms with van der Waals surface area (Å²) in [5.41, 5.74) is 1.11. The molecule has 128 valence electrons. The molecule has 0 aliphatic carbocycles. The van der Waals surface area contributed by atoms with Crippen LogP contribution in [0.15, 0.2) is 53.3 Å². The van der Waals surface area contributed by atoms with Crippen LogP contribution in [0, 0.1) is 0 Å². The maximum absolute atomic E-state index is 12.7. The third-order valence-electron chi connectivity index (χ3n) is 3.79. The molecule has 6 nitrogen and oxygen atoms in total. The molecule has 3 rings (SSSR count). The number of nitrogens with zero attached hydrogens (tertiary/aromatic N) is 3. The zero-order valence-corrected chi connectivity index (χ0v) is 15.4. The van der Waals surface area contributed by atoms with Crippen LogP contribution < -0.4 is 5.32 Å². The number of hydrogen-bond acceptors (Lipinski definition) is 3. The third kappa shape index (κ3) is 3.71. The van der Waals surface area contributed by atoms with E-state index in [2.05, 4.69) is 26.3 Å². The van der Waals surface area contributed by atoms with Crippen LogP contribution in [0.5, 0.6) is 0 Å². The molecule has 0 aliphatic heterocycles. The number of aromatic nitrogens is 2. The zero-order chi connectivity index (χ0) is 18.0. The SMILES string of the molecule is CN(C)C(=O)Cn1cc(NC(=O)c2cccc3cccc(Br)c23)cn1. The first kappa shape index (κ1) is 17.2. The Morgan fingerprint density at radius 1 is 1.20 bits per heavy atom. The average molecular weight is 401 g/mol. The van der Waals surface area contributed by atoms with Gasteiger partial charge in [-0.15, -0.1) is 0 Å². The van der Waals surface area contributed by atoms with E-state index in [4.69, 9.17) is 0 Å². The van der Waals surface area contributed by atoms with Gasteiger partial charge in [0.2, 0.25) is 5.91 Å². The van der Waals surface area contributed by atoms with Crippen molar-refractivity contribution in [1.82, 2.24) is 14.7 Å². The molecule has 1 aromatic heterocycles. The molecule has 0 saturated carbocycles. The van der Waals surface area contributed by atoms with Crippen LogP contribution in [0.4, 0.5) is 5.69 Å². The zero-order valence-electron chi connectivity index (χ0n) is 13.9. The summed E-state index contributed by atoms with van der Waals surface area (Å²) < 4.78 is 2.36. The normalized spacial score (nSPS) is 10.7. The second kappa shape index (κ2) is 7.06. The van der Waals surface area contributed by atoms with Crippen molar-refractivity contribution in [2.45, 2.75) is 6.54 Å². The summed E-state index contributed by atoms with van der Waals surface area (Å²) in [5.74, 6) is -0.296. The van der Waals surface area contributed by atoms with Crippen molar-refractivity contribution < 1.29 is 9.59 Å². The molecule has 1 heterocycles. The Morgan fingerprint density at radius 2 is 1.92 bits per heavy atom.